The molecule has 0 aliphatic heterocycles. The van der Waals surface area contributed by atoms with Gasteiger partial charge in [0.1, 0.15) is 11.4 Å². The maximum atomic E-state index is 11.3. The number of ether oxygens (including phenoxy) is 1. The number of phenolic OH excluding ortho intramolecular Hbond substituents is 1. The Morgan fingerprint density at radius 2 is 1.65 bits per heavy atom. The second-order valence-corrected chi connectivity index (χ2v) is 6.34. The number of phenols is 1. The van der Waals surface area contributed by atoms with Crippen LogP contribution in [0.2, 0.25) is 0 Å². The van der Waals surface area contributed by atoms with Crippen LogP contribution in [0.4, 0.5) is 4.79 Å². The second kappa shape index (κ2) is 9.71. The molecule has 0 spiro atoms. The monoisotopic (exact) mass is 325 g/mol. The van der Waals surface area contributed by atoms with Crippen LogP contribution in [0.5, 0.6) is 5.75 Å². The Balaban J connectivity index is 0.000000688. The summed E-state index contributed by atoms with van der Waals surface area (Å²) >= 11 is 0. The van der Waals surface area contributed by atoms with Crippen LogP contribution in [0, 0.1) is 5.92 Å². The van der Waals surface area contributed by atoms with Crippen molar-refractivity contribution in [1.29, 1.82) is 0 Å². The van der Waals surface area contributed by atoms with E-state index in [1.54, 1.807) is 26.0 Å². The van der Waals surface area contributed by atoms with Crippen LogP contribution in [0.15, 0.2) is 24.3 Å². The molecule has 130 valence electrons. The van der Waals surface area contributed by atoms with Crippen LogP contribution >= 0.6 is 0 Å². The average molecular weight is 325 g/mol. The lowest BCUT2D eigenvalue weighted by Crippen LogP contribution is -2.33. The molecule has 0 atom stereocenters. The zero-order valence-electron chi connectivity index (χ0n) is 14.4. The lowest BCUT2D eigenvalue weighted by molar-refractivity contribution is -0.140. The Morgan fingerprint density at radius 1 is 1.17 bits per heavy atom. The molecule has 0 bridgehead atoms. The number of aliphatic carboxylic acids is 1. The van der Waals surface area contributed by atoms with Gasteiger partial charge in [-0.05, 0) is 44.9 Å². The minimum atomic E-state index is -0.741. The molecule has 0 unspecified atom stereocenters. The Bertz CT molecular complexity index is 489. The van der Waals surface area contributed by atoms with E-state index in [9.17, 15) is 9.59 Å². The highest BCUT2D eigenvalue weighted by Gasteiger charge is 2.15. The average Bonchev–Trinajstić information content (AvgIpc) is 2.39. The molecule has 1 amide bonds. The Hall–Kier alpha value is -2.24. The van der Waals surface area contributed by atoms with E-state index in [1.165, 1.54) is 0 Å². The molecule has 0 aliphatic carbocycles. The van der Waals surface area contributed by atoms with Crippen molar-refractivity contribution in [2.75, 3.05) is 6.54 Å². The largest absolute Gasteiger partial charge is 0.508 e. The number of carbonyl (C=O) groups is 2. The van der Waals surface area contributed by atoms with Crippen molar-refractivity contribution in [3.63, 3.8) is 0 Å². The molecule has 23 heavy (non-hydrogen) atoms. The molecule has 0 fully saturated rings. The first kappa shape index (κ1) is 20.8. The summed E-state index contributed by atoms with van der Waals surface area (Å²) < 4.78 is 5.10. The van der Waals surface area contributed by atoms with E-state index >= 15 is 0 Å². The summed E-state index contributed by atoms with van der Waals surface area (Å²) in [6.45, 7) is 9.27. The van der Waals surface area contributed by atoms with E-state index in [2.05, 4.69) is 5.32 Å². The number of carboxylic acid groups (broad SMARTS) is 1. The Labute approximate surface area is 137 Å². The van der Waals surface area contributed by atoms with Gasteiger partial charge in [0.25, 0.3) is 0 Å². The highest BCUT2D eigenvalue weighted by atomic mass is 16.6. The van der Waals surface area contributed by atoms with Gasteiger partial charge in [0.15, 0.2) is 0 Å². The summed E-state index contributed by atoms with van der Waals surface area (Å²) in [6.07, 6.45) is 0.302. The minimum absolute atomic E-state index is 0.231. The number of hydrogen-bond donors (Lipinski definition) is 3. The van der Waals surface area contributed by atoms with Crippen LogP contribution in [0.3, 0.4) is 0 Å². The molecule has 1 aromatic carbocycles. The van der Waals surface area contributed by atoms with Crippen molar-refractivity contribution in [1.82, 2.24) is 5.32 Å². The highest BCUT2D eigenvalue weighted by Crippen LogP contribution is 2.10. The molecular weight excluding hydrogens is 298 g/mol. The van der Waals surface area contributed by atoms with E-state index in [0.717, 1.165) is 5.56 Å². The highest BCUT2D eigenvalue weighted by molar-refractivity contribution is 5.68. The molecule has 1 rings (SSSR count). The maximum absolute atomic E-state index is 11.3. The number of aromatic hydroxyl groups is 1. The van der Waals surface area contributed by atoms with Crippen molar-refractivity contribution < 1.29 is 24.5 Å². The van der Waals surface area contributed by atoms with Gasteiger partial charge >= 0.3 is 12.1 Å². The summed E-state index contributed by atoms with van der Waals surface area (Å²) in [5.41, 5.74) is 0.585. The molecule has 0 radical (unpaired) electrons. The molecule has 0 aromatic heterocycles. The summed E-state index contributed by atoms with van der Waals surface area (Å²) in [5.74, 6) is -0.728. The van der Waals surface area contributed by atoms with E-state index in [0.29, 0.717) is 13.0 Å². The molecule has 0 heterocycles. The second-order valence-electron chi connectivity index (χ2n) is 6.34. The van der Waals surface area contributed by atoms with Gasteiger partial charge in [-0.2, -0.15) is 0 Å². The number of rotatable bonds is 4. The predicted octanol–water partition coefficient (Wildman–Crippen LogP) is 3.19. The van der Waals surface area contributed by atoms with Gasteiger partial charge in [0.05, 0.1) is 5.92 Å². The van der Waals surface area contributed by atoms with Gasteiger partial charge < -0.3 is 20.3 Å². The molecule has 6 heteroatoms. The first-order chi connectivity index (χ1) is 10.5. The zero-order chi connectivity index (χ0) is 18.0. The SMILES string of the molecule is CC(C)(C)OC(=O)NCCc1ccc(O)cc1.CC(C)C(=O)O. The lowest BCUT2D eigenvalue weighted by atomic mass is 10.1. The minimum Gasteiger partial charge on any atom is -0.508 e. The predicted molar refractivity (Wildman–Crippen MR) is 88.5 cm³/mol. The number of nitrogens with one attached hydrogen (secondary N) is 1. The van der Waals surface area contributed by atoms with E-state index < -0.39 is 17.7 Å². The third-order valence-electron chi connectivity index (χ3n) is 2.51. The van der Waals surface area contributed by atoms with Crippen molar-refractivity contribution >= 4 is 12.1 Å². The number of amides is 1. The summed E-state index contributed by atoms with van der Waals surface area (Å²) in [6, 6.07) is 6.91. The number of hydrogen-bond acceptors (Lipinski definition) is 4. The summed E-state index contributed by atoms with van der Waals surface area (Å²) in [7, 11) is 0. The smallest absolute Gasteiger partial charge is 0.407 e. The van der Waals surface area contributed by atoms with Gasteiger partial charge in [0, 0.05) is 6.54 Å². The van der Waals surface area contributed by atoms with E-state index in [-0.39, 0.29) is 11.7 Å². The molecule has 0 aliphatic rings. The van der Waals surface area contributed by atoms with Gasteiger partial charge in [-0.3, -0.25) is 4.79 Å². The van der Waals surface area contributed by atoms with Gasteiger partial charge in [-0.1, -0.05) is 26.0 Å². The van der Waals surface area contributed by atoms with Crippen LogP contribution in [0.1, 0.15) is 40.2 Å². The van der Waals surface area contributed by atoms with E-state index in [4.69, 9.17) is 14.9 Å². The standard InChI is InChI=1S/C13H19NO3.C4H8O2/c1-13(2,3)17-12(16)14-9-8-10-4-6-11(15)7-5-10;1-3(2)4(5)6/h4-7,15H,8-9H2,1-3H3,(H,14,16);3H,1-2H3,(H,5,6). The Morgan fingerprint density at radius 3 is 2.04 bits per heavy atom. The van der Waals surface area contributed by atoms with Crippen LogP contribution < -0.4 is 5.32 Å². The number of alkyl carbamates (subject to hydrolysis) is 1. The molecule has 0 saturated heterocycles. The molecule has 6 nitrogen and oxygen atoms in total. The van der Waals surface area contributed by atoms with E-state index in [1.807, 2.05) is 32.9 Å². The van der Waals surface area contributed by atoms with Crippen molar-refractivity contribution in [2.45, 2.75) is 46.6 Å². The van der Waals surface area contributed by atoms with Crippen LogP contribution in [-0.2, 0) is 16.0 Å². The van der Waals surface area contributed by atoms with Crippen LogP contribution in [0.25, 0.3) is 0 Å². The molecule has 0 saturated carbocycles. The summed E-state index contributed by atoms with van der Waals surface area (Å²) in [4.78, 5) is 21.0. The third-order valence-corrected chi connectivity index (χ3v) is 2.51. The normalized spacial score (nSPS) is 10.5. The third kappa shape index (κ3) is 12.0. The number of benzene rings is 1. The first-order valence-electron chi connectivity index (χ1n) is 7.49. The lowest BCUT2D eigenvalue weighted by Gasteiger charge is -2.19. The first-order valence-corrected chi connectivity index (χ1v) is 7.49. The fraction of sp³-hybridized carbons (Fsp3) is 0.529. The summed E-state index contributed by atoms with van der Waals surface area (Å²) in [5, 5.41) is 19.8. The molecule has 1 aromatic rings. The van der Waals surface area contributed by atoms with Gasteiger partial charge in [-0.25, -0.2) is 4.79 Å². The maximum Gasteiger partial charge on any atom is 0.407 e. The quantitative estimate of drug-likeness (QED) is 0.790. The zero-order valence-corrected chi connectivity index (χ0v) is 14.4. The van der Waals surface area contributed by atoms with Crippen molar-refractivity contribution in [2.24, 2.45) is 5.92 Å². The number of carbonyl (C=O) groups excluding carboxylic acids is 1. The fourth-order valence-corrected chi connectivity index (χ4v) is 1.29. The van der Waals surface area contributed by atoms with Crippen molar-refractivity contribution in [3.05, 3.63) is 29.8 Å². The fourth-order valence-electron chi connectivity index (χ4n) is 1.29. The van der Waals surface area contributed by atoms with Gasteiger partial charge in [0.2, 0.25) is 0 Å². The Kier molecular flexibility index (Phi) is 8.77. The van der Waals surface area contributed by atoms with Gasteiger partial charge in [-0.15, -0.1) is 0 Å². The number of carboxylic acids is 1. The topological polar surface area (TPSA) is 95.9 Å². The van der Waals surface area contributed by atoms with Crippen LogP contribution in [-0.4, -0.2) is 34.4 Å². The molecular formula is C17H27NO5. The van der Waals surface area contributed by atoms with Crippen molar-refractivity contribution in [3.8, 4) is 5.75 Å². The molecule has 3 N–H and O–H groups in total.